The highest BCUT2D eigenvalue weighted by Crippen LogP contribution is 2.37. The first kappa shape index (κ1) is 23.1. The summed E-state index contributed by atoms with van der Waals surface area (Å²) in [5, 5.41) is 2.52. The van der Waals surface area contributed by atoms with Gasteiger partial charge in [0.1, 0.15) is 0 Å². The van der Waals surface area contributed by atoms with E-state index in [0.29, 0.717) is 6.61 Å². The minimum atomic E-state index is -2.59. The van der Waals surface area contributed by atoms with Gasteiger partial charge < -0.3 is 4.43 Å². The van der Waals surface area contributed by atoms with E-state index in [1.54, 1.807) is 0 Å². The first-order chi connectivity index (χ1) is 15.8. The van der Waals surface area contributed by atoms with Crippen LogP contribution in [0.1, 0.15) is 37.7 Å². The Bertz CT molecular complexity index is 1180. The molecule has 0 unspecified atom stereocenters. The highest BCUT2D eigenvalue weighted by molar-refractivity contribution is 6.99. The molecule has 0 saturated heterocycles. The molecule has 0 N–H and O–H groups in total. The Morgan fingerprint density at radius 2 is 1.24 bits per heavy atom. The Hall–Kier alpha value is -3.08. The summed E-state index contributed by atoms with van der Waals surface area (Å²) in [6.45, 7) is 11.5. The van der Waals surface area contributed by atoms with Gasteiger partial charge in [-0.2, -0.15) is 0 Å². The predicted molar refractivity (Wildman–Crippen MR) is 139 cm³/mol. The molecule has 4 rings (SSSR count). The minimum Gasteiger partial charge on any atom is -0.403 e. The summed E-state index contributed by atoms with van der Waals surface area (Å²) in [5.41, 5.74) is 4.86. The van der Waals surface area contributed by atoms with E-state index in [2.05, 4.69) is 98.6 Å². The molecule has 168 valence electrons. The molecule has 0 atom stereocenters. The SMILES string of the molecule is Cc1cccc(-c2cc(CO[Si](c3ccccc3)(c3ccccc3)C(C)(C)C)cc(C)n2)n1. The summed E-state index contributed by atoms with van der Waals surface area (Å²) >= 11 is 0. The van der Waals surface area contributed by atoms with Crippen molar-refractivity contribution in [3.8, 4) is 11.4 Å². The van der Waals surface area contributed by atoms with Crippen molar-refractivity contribution in [2.24, 2.45) is 0 Å². The number of hydrogen-bond donors (Lipinski definition) is 0. The van der Waals surface area contributed by atoms with Crippen LogP contribution in [0.5, 0.6) is 0 Å². The van der Waals surface area contributed by atoms with Crippen LogP contribution in [0.4, 0.5) is 0 Å². The lowest BCUT2D eigenvalue weighted by atomic mass is 10.1. The van der Waals surface area contributed by atoms with Gasteiger partial charge in [0.2, 0.25) is 0 Å². The molecular weight excluding hydrogens is 420 g/mol. The molecule has 0 radical (unpaired) electrons. The summed E-state index contributed by atoms with van der Waals surface area (Å²) in [6, 6.07) is 31.8. The Balaban J connectivity index is 1.77. The van der Waals surface area contributed by atoms with Crippen molar-refractivity contribution in [1.29, 1.82) is 0 Å². The molecule has 0 amide bonds. The number of aromatic nitrogens is 2. The maximum atomic E-state index is 7.11. The topological polar surface area (TPSA) is 35.0 Å². The zero-order chi connectivity index (χ0) is 23.5. The average molecular weight is 453 g/mol. The van der Waals surface area contributed by atoms with Crippen LogP contribution in [-0.2, 0) is 11.0 Å². The van der Waals surface area contributed by atoms with Crippen LogP contribution in [0, 0.1) is 13.8 Å². The average Bonchev–Trinajstić information content (AvgIpc) is 2.80. The molecule has 0 fully saturated rings. The second-order valence-corrected chi connectivity index (χ2v) is 13.9. The molecule has 4 heteroatoms. The van der Waals surface area contributed by atoms with Crippen LogP contribution < -0.4 is 10.4 Å². The quantitative estimate of drug-likeness (QED) is 0.345. The van der Waals surface area contributed by atoms with Gasteiger partial charge in [0.05, 0.1) is 18.0 Å². The predicted octanol–water partition coefficient (Wildman–Crippen LogP) is 5.84. The highest BCUT2D eigenvalue weighted by atomic mass is 28.4. The van der Waals surface area contributed by atoms with Gasteiger partial charge in [0.25, 0.3) is 8.32 Å². The van der Waals surface area contributed by atoms with Gasteiger partial charge >= 0.3 is 0 Å². The smallest absolute Gasteiger partial charge is 0.261 e. The fourth-order valence-electron chi connectivity index (χ4n) is 4.59. The largest absolute Gasteiger partial charge is 0.403 e. The fourth-order valence-corrected chi connectivity index (χ4v) is 9.13. The van der Waals surface area contributed by atoms with Gasteiger partial charge in [0.15, 0.2) is 0 Å². The number of aryl methyl sites for hydroxylation is 2. The lowest BCUT2D eigenvalue weighted by molar-refractivity contribution is 0.286. The molecule has 0 bridgehead atoms. The molecule has 0 aliphatic heterocycles. The van der Waals surface area contributed by atoms with Crippen LogP contribution in [0.2, 0.25) is 5.04 Å². The van der Waals surface area contributed by atoms with E-state index in [1.807, 2.05) is 32.0 Å². The maximum absolute atomic E-state index is 7.11. The highest BCUT2D eigenvalue weighted by Gasteiger charge is 2.50. The lowest BCUT2D eigenvalue weighted by Crippen LogP contribution is -2.66. The molecule has 2 aromatic heterocycles. The van der Waals surface area contributed by atoms with Gasteiger partial charge in [-0.1, -0.05) is 87.5 Å². The third kappa shape index (κ3) is 4.82. The van der Waals surface area contributed by atoms with E-state index in [0.717, 1.165) is 28.3 Å². The normalized spacial score (nSPS) is 12.0. The second kappa shape index (κ2) is 9.42. The number of benzene rings is 2. The first-order valence-corrected chi connectivity index (χ1v) is 13.4. The molecule has 0 aliphatic rings. The van der Waals surface area contributed by atoms with Crippen LogP contribution in [0.3, 0.4) is 0 Å². The minimum absolute atomic E-state index is 0.0568. The van der Waals surface area contributed by atoms with E-state index in [9.17, 15) is 0 Å². The number of hydrogen-bond acceptors (Lipinski definition) is 3. The fraction of sp³-hybridized carbons (Fsp3) is 0.241. The second-order valence-electron chi connectivity index (χ2n) is 9.62. The monoisotopic (exact) mass is 452 g/mol. The summed E-state index contributed by atoms with van der Waals surface area (Å²) in [6.07, 6.45) is 0. The van der Waals surface area contributed by atoms with Crippen molar-refractivity contribution in [2.75, 3.05) is 0 Å². The van der Waals surface area contributed by atoms with Crippen LogP contribution in [0.15, 0.2) is 91.0 Å². The van der Waals surface area contributed by atoms with E-state index in [4.69, 9.17) is 9.41 Å². The van der Waals surface area contributed by atoms with E-state index in [1.165, 1.54) is 10.4 Å². The lowest BCUT2D eigenvalue weighted by Gasteiger charge is -2.43. The Morgan fingerprint density at radius 3 is 1.79 bits per heavy atom. The maximum Gasteiger partial charge on any atom is 0.261 e. The van der Waals surface area contributed by atoms with Crippen molar-refractivity contribution in [1.82, 2.24) is 9.97 Å². The third-order valence-electron chi connectivity index (χ3n) is 6.04. The van der Waals surface area contributed by atoms with E-state index >= 15 is 0 Å². The molecule has 0 saturated carbocycles. The Labute approximate surface area is 198 Å². The number of rotatable bonds is 6. The van der Waals surface area contributed by atoms with Crippen molar-refractivity contribution in [2.45, 2.75) is 46.3 Å². The number of nitrogens with zero attached hydrogens (tertiary/aromatic N) is 2. The molecular formula is C29H32N2OSi. The van der Waals surface area contributed by atoms with Gasteiger partial charge in [0, 0.05) is 11.4 Å². The Morgan fingerprint density at radius 1 is 0.667 bits per heavy atom. The molecule has 2 heterocycles. The van der Waals surface area contributed by atoms with E-state index < -0.39 is 8.32 Å². The zero-order valence-electron chi connectivity index (χ0n) is 20.2. The van der Waals surface area contributed by atoms with Gasteiger partial charge in [-0.25, -0.2) is 0 Å². The van der Waals surface area contributed by atoms with Crippen molar-refractivity contribution in [3.05, 3.63) is 108 Å². The first-order valence-electron chi connectivity index (χ1n) is 11.5. The van der Waals surface area contributed by atoms with Crippen molar-refractivity contribution in [3.63, 3.8) is 0 Å². The molecule has 2 aromatic carbocycles. The Kier molecular flexibility index (Phi) is 6.59. The molecule has 3 nitrogen and oxygen atoms in total. The third-order valence-corrected chi connectivity index (χ3v) is 11.0. The summed E-state index contributed by atoms with van der Waals surface area (Å²) in [7, 11) is -2.59. The summed E-state index contributed by atoms with van der Waals surface area (Å²) < 4.78 is 7.11. The van der Waals surface area contributed by atoms with Gasteiger partial charge in [-0.15, -0.1) is 0 Å². The van der Waals surface area contributed by atoms with Crippen LogP contribution in [-0.4, -0.2) is 18.3 Å². The van der Waals surface area contributed by atoms with Crippen molar-refractivity contribution >= 4 is 18.7 Å². The van der Waals surface area contributed by atoms with Gasteiger partial charge in [-0.3, -0.25) is 9.97 Å². The summed E-state index contributed by atoms with van der Waals surface area (Å²) in [4.78, 5) is 9.42. The molecule has 33 heavy (non-hydrogen) atoms. The van der Waals surface area contributed by atoms with Crippen LogP contribution in [0.25, 0.3) is 11.4 Å². The molecule has 4 aromatic rings. The van der Waals surface area contributed by atoms with Crippen LogP contribution >= 0.6 is 0 Å². The standard InChI is InChI=1S/C29H32N2OSi/c1-22-13-12-18-27(30-22)28-20-24(19-23(2)31-28)21-32-33(29(3,4)5,25-14-8-6-9-15-25)26-16-10-7-11-17-26/h6-20H,21H2,1-5H3. The molecule has 0 spiro atoms. The van der Waals surface area contributed by atoms with Crippen molar-refractivity contribution < 1.29 is 4.43 Å². The van der Waals surface area contributed by atoms with E-state index in [-0.39, 0.29) is 5.04 Å². The number of pyridine rings is 2. The molecule has 0 aliphatic carbocycles. The van der Waals surface area contributed by atoms with Gasteiger partial charge in [-0.05, 0) is 59.1 Å². The summed E-state index contributed by atoms with van der Waals surface area (Å²) in [5.74, 6) is 0. The zero-order valence-corrected chi connectivity index (χ0v) is 21.2.